The molecule has 0 bridgehead atoms. The number of amides is 1. The van der Waals surface area contributed by atoms with E-state index in [2.05, 4.69) is 29.1 Å². The molecular formula is C27H38N4O2. The van der Waals surface area contributed by atoms with E-state index in [9.17, 15) is 9.90 Å². The summed E-state index contributed by atoms with van der Waals surface area (Å²) in [6.07, 6.45) is 13.6. The molecule has 33 heavy (non-hydrogen) atoms. The van der Waals surface area contributed by atoms with Crippen molar-refractivity contribution in [2.75, 3.05) is 5.32 Å². The summed E-state index contributed by atoms with van der Waals surface area (Å²) in [6.45, 7) is 4.53. The number of nitriles is 1. The Morgan fingerprint density at radius 3 is 2.79 bits per heavy atom. The molecule has 1 amide bonds. The topological polar surface area (TPSA) is 98.9 Å². The Hall–Kier alpha value is -2.00. The molecule has 0 spiro atoms. The third-order valence-electron chi connectivity index (χ3n) is 10.1. The first-order chi connectivity index (χ1) is 15.9. The molecule has 0 aromatic carbocycles. The van der Waals surface area contributed by atoms with Crippen molar-refractivity contribution in [3.63, 3.8) is 0 Å². The summed E-state index contributed by atoms with van der Waals surface area (Å²) in [5.41, 5.74) is -0.123. The van der Waals surface area contributed by atoms with E-state index < -0.39 is 5.60 Å². The molecule has 5 rings (SSSR count). The molecule has 178 valence electrons. The van der Waals surface area contributed by atoms with Gasteiger partial charge in [0.2, 0.25) is 11.9 Å². The second kappa shape index (κ2) is 8.65. The number of fused-ring (bicyclic) bond motifs is 5. The van der Waals surface area contributed by atoms with Crippen molar-refractivity contribution in [3.8, 4) is 6.07 Å². The van der Waals surface area contributed by atoms with Crippen LogP contribution in [0.2, 0.25) is 0 Å². The summed E-state index contributed by atoms with van der Waals surface area (Å²) >= 11 is 0. The molecule has 1 aromatic rings. The molecule has 1 heterocycles. The number of aromatic nitrogens is 2. The van der Waals surface area contributed by atoms with Crippen LogP contribution in [0.1, 0.15) is 90.2 Å². The van der Waals surface area contributed by atoms with E-state index in [0.29, 0.717) is 11.8 Å². The molecule has 0 radical (unpaired) electrons. The van der Waals surface area contributed by atoms with Crippen molar-refractivity contribution < 1.29 is 9.90 Å². The molecule has 4 aliphatic rings. The van der Waals surface area contributed by atoms with Gasteiger partial charge in [-0.05, 0) is 105 Å². The van der Waals surface area contributed by atoms with E-state index in [1.807, 2.05) is 6.07 Å². The molecule has 1 aromatic heterocycles. The van der Waals surface area contributed by atoms with Gasteiger partial charge in [0.25, 0.3) is 0 Å². The van der Waals surface area contributed by atoms with Crippen LogP contribution in [0.4, 0.5) is 5.95 Å². The van der Waals surface area contributed by atoms with E-state index >= 15 is 0 Å². The van der Waals surface area contributed by atoms with Crippen LogP contribution in [0.15, 0.2) is 12.3 Å². The summed E-state index contributed by atoms with van der Waals surface area (Å²) in [7, 11) is 0. The Labute approximate surface area is 197 Å². The first-order valence-corrected chi connectivity index (χ1v) is 13.1. The van der Waals surface area contributed by atoms with Crippen molar-refractivity contribution in [2.24, 2.45) is 40.9 Å². The molecule has 4 fully saturated rings. The minimum absolute atomic E-state index is 0.0171. The minimum atomic E-state index is -0.423. The Kier molecular flexibility index (Phi) is 5.97. The maximum atomic E-state index is 13.3. The summed E-state index contributed by atoms with van der Waals surface area (Å²) in [4.78, 5) is 21.6. The van der Waals surface area contributed by atoms with Crippen LogP contribution in [0.25, 0.3) is 0 Å². The highest BCUT2D eigenvalue weighted by atomic mass is 16.3. The fourth-order valence-electron chi connectivity index (χ4n) is 8.76. The molecule has 8 unspecified atom stereocenters. The third-order valence-corrected chi connectivity index (χ3v) is 10.1. The fraction of sp³-hybridized carbons (Fsp3) is 0.778. The molecule has 4 saturated carbocycles. The average molecular weight is 451 g/mol. The molecule has 6 nitrogen and oxygen atoms in total. The lowest BCUT2D eigenvalue weighted by Crippen LogP contribution is -2.51. The van der Waals surface area contributed by atoms with Gasteiger partial charge in [0, 0.05) is 12.1 Å². The highest BCUT2D eigenvalue weighted by Gasteiger charge is 2.59. The van der Waals surface area contributed by atoms with E-state index in [1.165, 1.54) is 31.9 Å². The monoisotopic (exact) mass is 450 g/mol. The van der Waals surface area contributed by atoms with Crippen molar-refractivity contribution in [2.45, 2.75) is 90.1 Å². The zero-order chi connectivity index (χ0) is 23.2. The molecule has 0 saturated heterocycles. The number of nitrogens with one attached hydrogen (secondary N) is 1. The van der Waals surface area contributed by atoms with Crippen molar-refractivity contribution in [1.82, 2.24) is 9.97 Å². The number of carbonyl (C=O) groups is 1. The number of anilines is 1. The molecule has 4 aliphatic carbocycles. The van der Waals surface area contributed by atoms with Crippen molar-refractivity contribution >= 4 is 11.9 Å². The minimum Gasteiger partial charge on any atom is -0.390 e. The number of carbonyl (C=O) groups excluding carboxylic acids is 1. The molecule has 0 aliphatic heterocycles. The molecule has 2 N–H and O–H groups in total. The maximum Gasteiger partial charge on any atom is 0.230 e. The van der Waals surface area contributed by atoms with Crippen molar-refractivity contribution in [1.29, 1.82) is 5.26 Å². The summed E-state index contributed by atoms with van der Waals surface area (Å²) in [5.74, 6) is 3.79. The smallest absolute Gasteiger partial charge is 0.230 e. The van der Waals surface area contributed by atoms with Crippen LogP contribution in [0, 0.1) is 52.3 Å². The van der Waals surface area contributed by atoms with Gasteiger partial charge in [-0.3, -0.25) is 10.1 Å². The lowest BCUT2D eigenvalue weighted by atomic mass is 9.49. The Morgan fingerprint density at radius 1 is 1.18 bits per heavy atom. The Morgan fingerprint density at radius 2 is 2.00 bits per heavy atom. The van der Waals surface area contributed by atoms with Gasteiger partial charge in [-0.15, -0.1) is 0 Å². The van der Waals surface area contributed by atoms with Gasteiger partial charge in [-0.2, -0.15) is 5.26 Å². The molecular weight excluding hydrogens is 412 g/mol. The van der Waals surface area contributed by atoms with Crippen molar-refractivity contribution in [3.05, 3.63) is 18.0 Å². The van der Waals surface area contributed by atoms with Gasteiger partial charge in [-0.25, -0.2) is 9.97 Å². The van der Waals surface area contributed by atoms with Gasteiger partial charge >= 0.3 is 0 Å². The first kappa shape index (κ1) is 22.8. The van der Waals surface area contributed by atoms with Gasteiger partial charge in [0.1, 0.15) is 11.8 Å². The molecule has 8 atom stereocenters. The highest BCUT2D eigenvalue weighted by molar-refractivity contribution is 5.91. The maximum absolute atomic E-state index is 13.3. The predicted molar refractivity (Wildman–Crippen MR) is 126 cm³/mol. The van der Waals surface area contributed by atoms with E-state index in [0.717, 1.165) is 62.7 Å². The number of aliphatic hydroxyl groups is 1. The van der Waals surface area contributed by atoms with Crippen LogP contribution < -0.4 is 5.32 Å². The van der Waals surface area contributed by atoms with Gasteiger partial charge in [0.05, 0.1) is 5.60 Å². The predicted octanol–water partition coefficient (Wildman–Crippen LogP) is 5.09. The standard InChI is InChI=1S/C27H38N4O2/c1-3-11-27(33)13-9-19-17(15-27)4-5-21-20(19)8-12-26(2)22(21)6-7-23(26)24(32)31-25-29-14-10-18(16-28)30-25/h10,14,17,19-23,33H,3-9,11-13,15H2,1-2H3,(H,29,30,31,32). The fourth-order valence-corrected chi connectivity index (χ4v) is 8.76. The van der Waals surface area contributed by atoms with Crippen LogP contribution in [-0.2, 0) is 4.79 Å². The van der Waals surface area contributed by atoms with Crippen LogP contribution >= 0.6 is 0 Å². The van der Waals surface area contributed by atoms with Crippen LogP contribution in [0.3, 0.4) is 0 Å². The van der Waals surface area contributed by atoms with Gasteiger partial charge < -0.3 is 5.11 Å². The number of hydrogen-bond donors (Lipinski definition) is 2. The number of hydrogen-bond acceptors (Lipinski definition) is 5. The normalized spacial score (nSPS) is 41.9. The summed E-state index contributed by atoms with van der Waals surface area (Å²) in [6, 6.07) is 3.56. The second-order valence-corrected chi connectivity index (χ2v) is 11.7. The van der Waals surface area contributed by atoms with Gasteiger partial charge in [-0.1, -0.05) is 20.3 Å². The first-order valence-electron chi connectivity index (χ1n) is 13.1. The lowest BCUT2D eigenvalue weighted by Gasteiger charge is -2.57. The average Bonchev–Trinajstić information content (AvgIpc) is 3.16. The van der Waals surface area contributed by atoms with Crippen LogP contribution in [0.5, 0.6) is 0 Å². The van der Waals surface area contributed by atoms with E-state index in [1.54, 1.807) is 6.07 Å². The highest BCUT2D eigenvalue weighted by Crippen LogP contribution is 2.64. The second-order valence-electron chi connectivity index (χ2n) is 11.7. The van der Waals surface area contributed by atoms with Crippen LogP contribution in [-0.4, -0.2) is 26.6 Å². The van der Waals surface area contributed by atoms with E-state index in [4.69, 9.17) is 5.26 Å². The zero-order valence-corrected chi connectivity index (χ0v) is 20.1. The Balaban J connectivity index is 1.28. The number of rotatable bonds is 4. The Bertz CT molecular complexity index is 944. The summed E-state index contributed by atoms with van der Waals surface area (Å²) < 4.78 is 0. The SMILES string of the molecule is CCCC1(O)CCC2C(CCC3C2CCC2(C)C(C(=O)Nc4nccc(C#N)n4)CCC32)C1. The third kappa shape index (κ3) is 3.97. The van der Waals surface area contributed by atoms with E-state index in [-0.39, 0.29) is 28.9 Å². The molecule has 6 heteroatoms. The quantitative estimate of drug-likeness (QED) is 0.666. The zero-order valence-electron chi connectivity index (χ0n) is 20.1. The van der Waals surface area contributed by atoms with Gasteiger partial charge in [0.15, 0.2) is 0 Å². The largest absolute Gasteiger partial charge is 0.390 e. The summed E-state index contributed by atoms with van der Waals surface area (Å²) in [5, 5.41) is 23.1. The number of nitrogens with zero attached hydrogens (tertiary/aromatic N) is 3. The lowest BCUT2D eigenvalue weighted by molar-refractivity contribution is -0.130.